The van der Waals surface area contributed by atoms with E-state index in [9.17, 15) is 0 Å². The summed E-state index contributed by atoms with van der Waals surface area (Å²) >= 11 is 0. The van der Waals surface area contributed by atoms with Crippen LogP contribution in [-0.2, 0) is 6.54 Å². The summed E-state index contributed by atoms with van der Waals surface area (Å²) in [6, 6.07) is 5.61. The molecule has 1 heterocycles. The van der Waals surface area contributed by atoms with E-state index in [1.165, 1.54) is 0 Å². The average Bonchev–Trinajstić information content (AvgIpc) is 3.00. The number of anilines is 1. The van der Waals surface area contributed by atoms with Gasteiger partial charge in [0.25, 0.3) is 0 Å². The van der Waals surface area contributed by atoms with E-state index in [4.69, 9.17) is 14.0 Å². The fourth-order valence-corrected chi connectivity index (χ4v) is 2.01. The molecule has 1 aromatic heterocycles. The smallest absolute Gasteiger partial charge is 0.248 e. The monoisotopic (exact) mass is 461 g/mol. The molecular formula is C16H24IN5O3. The molecule has 0 aliphatic carbocycles. The van der Waals surface area contributed by atoms with Crippen LogP contribution in [0.3, 0.4) is 0 Å². The van der Waals surface area contributed by atoms with Crippen molar-refractivity contribution < 1.29 is 14.0 Å². The van der Waals surface area contributed by atoms with Gasteiger partial charge in [-0.2, -0.15) is 4.98 Å². The van der Waals surface area contributed by atoms with E-state index in [1.807, 2.05) is 32.0 Å². The third-order valence-corrected chi connectivity index (χ3v) is 3.01. The Hall–Kier alpha value is -2.04. The quantitative estimate of drug-likeness (QED) is 0.372. The van der Waals surface area contributed by atoms with Gasteiger partial charge in [-0.15, -0.1) is 24.0 Å². The highest BCUT2D eigenvalue weighted by molar-refractivity contribution is 14.0. The van der Waals surface area contributed by atoms with Crippen molar-refractivity contribution in [3.63, 3.8) is 0 Å². The summed E-state index contributed by atoms with van der Waals surface area (Å²) in [6.07, 6.45) is 0. The highest BCUT2D eigenvalue weighted by Crippen LogP contribution is 2.30. The number of benzene rings is 1. The highest BCUT2D eigenvalue weighted by Gasteiger charge is 2.08. The van der Waals surface area contributed by atoms with Crippen molar-refractivity contribution in [1.82, 2.24) is 15.5 Å². The van der Waals surface area contributed by atoms with E-state index >= 15 is 0 Å². The standard InChI is InChI=1S/C16H23N5O3.HI/c1-5-17-16(18-10-15-19-11(3)21-24-15)20-12-7-8-13(23-6-2)14(9-12)22-4;/h7-9H,5-6,10H2,1-4H3,(H2,17,18,20);1H. The molecule has 0 aliphatic rings. The van der Waals surface area contributed by atoms with Gasteiger partial charge in [-0.3, -0.25) is 0 Å². The molecule has 0 bridgehead atoms. The minimum absolute atomic E-state index is 0. The lowest BCUT2D eigenvalue weighted by molar-refractivity contribution is 0.311. The van der Waals surface area contributed by atoms with Crippen molar-refractivity contribution in [2.24, 2.45) is 4.99 Å². The van der Waals surface area contributed by atoms with Crippen LogP contribution in [0.1, 0.15) is 25.6 Å². The number of hydrogen-bond donors (Lipinski definition) is 2. The van der Waals surface area contributed by atoms with Crippen LogP contribution in [0.4, 0.5) is 5.69 Å². The van der Waals surface area contributed by atoms with Crippen molar-refractivity contribution in [2.45, 2.75) is 27.3 Å². The van der Waals surface area contributed by atoms with Crippen LogP contribution in [0, 0.1) is 6.92 Å². The van der Waals surface area contributed by atoms with Crippen LogP contribution < -0.4 is 20.1 Å². The van der Waals surface area contributed by atoms with Gasteiger partial charge in [0.2, 0.25) is 5.89 Å². The molecule has 0 amide bonds. The first-order valence-electron chi connectivity index (χ1n) is 7.81. The van der Waals surface area contributed by atoms with Gasteiger partial charge in [0.1, 0.15) is 6.54 Å². The van der Waals surface area contributed by atoms with E-state index in [-0.39, 0.29) is 24.0 Å². The maximum absolute atomic E-state index is 5.52. The second-order valence-corrected chi connectivity index (χ2v) is 4.85. The number of nitrogens with one attached hydrogen (secondary N) is 2. The Morgan fingerprint density at radius 1 is 1.28 bits per heavy atom. The van der Waals surface area contributed by atoms with Gasteiger partial charge in [0.15, 0.2) is 23.3 Å². The fourth-order valence-electron chi connectivity index (χ4n) is 2.01. The fraction of sp³-hybridized carbons (Fsp3) is 0.438. The van der Waals surface area contributed by atoms with Gasteiger partial charge < -0.3 is 24.6 Å². The molecule has 0 radical (unpaired) electrons. The molecule has 0 unspecified atom stereocenters. The molecule has 2 aromatic rings. The molecule has 25 heavy (non-hydrogen) atoms. The largest absolute Gasteiger partial charge is 0.493 e. The summed E-state index contributed by atoms with van der Waals surface area (Å²) in [7, 11) is 1.61. The Morgan fingerprint density at radius 2 is 2.08 bits per heavy atom. The van der Waals surface area contributed by atoms with E-state index in [1.54, 1.807) is 14.0 Å². The number of nitrogens with zero attached hydrogens (tertiary/aromatic N) is 3. The lowest BCUT2D eigenvalue weighted by Gasteiger charge is -2.14. The zero-order valence-corrected chi connectivity index (χ0v) is 17.2. The predicted octanol–water partition coefficient (Wildman–Crippen LogP) is 2.98. The van der Waals surface area contributed by atoms with Crippen molar-refractivity contribution in [3.8, 4) is 11.5 Å². The Morgan fingerprint density at radius 3 is 2.68 bits per heavy atom. The van der Waals surface area contributed by atoms with Gasteiger partial charge in [0.05, 0.1) is 13.7 Å². The van der Waals surface area contributed by atoms with Crippen LogP contribution >= 0.6 is 24.0 Å². The molecule has 8 nitrogen and oxygen atoms in total. The number of methoxy groups -OCH3 is 1. The first kappa shape index (κ1) is 21.0. The molecule has 1 aromatic carbocycles. The number of halogens is 1. The Bertz CT molecular complexity index is 690. The van der Waals surface area contributed by atoms with E-state index in [0.29, 0.717) is 42.3 Å². The topological polar surface area (TPSA) is 93.8 Å². The summed E-state index contributed by atoms with van der Waals surface area (Å²) in [5.74, 6) is 3.03. The van der Waals surface area contributed by atoms with Gasteiger partial charge in [-0.05, 0) is 32.9 Å². The molecule has 138 valence electrons. The second kappa shape index (κ2) is 10.7. The maximum Gasteiger partial charge on any atom is 0.248 e. The summed E-state index contributed by atoms with van der Waals surface area (Å²) in [5.41, 5.74) is 0.830. The second-order valence-electron chi connectivity index (χ2n) is 4.85. The van der Waals surface area contributed by atoms with Gasteiger partial charge in [-0.25, -0.2) is 4.99 Å². The average molecular weight is 461 g/mol. The third kappa shape index (κ3) is 6.40. The minimum Gasteiger partial charge on any atom is -0.493 e. The number of ether oxygens (including phenoxy) is 2. The summed E-state index contributed by atoms with van der Waals surface area (Å²) in [6.45, 7) is 7.30. The normalized spacial score (nSPS) is 10.8. The maximum atomic E-state index is 5.52. The van der Waals surface area contributed by atoms with Crippen molar-refractivity contribution in [1.29, 1.82) is 0 Å². The molecule has 0 spiro atoms. The third-order valence-electron chi connectivity index (χ3n) is 3.01. The van der Waals surface area contributed by atoms with Crippen molar-refractivity contribution in [3.05, 3.63) is 29.9 Å². The first-order chi connectivity index (χ1) is 11.7. The van der Waals surface area contributed by atoms with Crippen molar-refractivity contribution >= 4 is 35.6 Å². The van der Waals surface area contributed by atoms with Gasteiger partial charge in [-0.1, -0.05) is 5.16 Å². The van der Waals surface area contributed by atoms with Crippen LogP contribution in [0.25, 0.3) is 0 Å². The SMILES string of the molecule is CCNC(=NCc1nc(C)no1)Nc1ccc(OCC)c(OC)c1.I. The minimum atomic E-state index is 0. The predicted molar refractivity (Wildman–Crippen MR) is 107 cm³/mol. The van der Waals surface area contributed by atoms with E-state index < -0.39 is 0 Å². The molecule has 2 N–H and O–H groups in total. The van der Waals surface area contributed by atoms with Crippen LogP contribution in [0.2, 0.25) is 0 Å². The molecule has 0 saturated heterocycles. The molecule has 0 aliphatic heterocycles. The van der Waals surface area contributed by atoms with E-state index in [2.05, 4.69) is 25.8 Å². The number of hydrogen-bond acceptors (Lipinski definition) is 6. The van der Waals surface area contributed by atoms with Gasteiger partial charge in [0, 0.05) is 18.3 Å². The van der Waals surface area contributed by atoms with Crippen LogP contribution in [-0.4, -0.2) is 36.4 Å². The number of aryl methyl sites for hydroxylation is 1. The molecule has 2 rings (SSSR count). The number of aliphatic imine (C=N–C) groups is 1. The summed E-state index contributed by atoms with van der Waals surface area (Å²) in [5, 5.41) is 10.1. The summed E-state index contributed by atoms with van der Waals surface area (Å²) in [4.78, 5) is 8.56. The molecule has 9 heteroatoms. The Kier molecular flexibility index (Phi) is 9.03. The van der Waals surface area contributed by atoms with Crippen LogP contribution in [0.5, 0.6) is 11.5 Å². The lowest BCUT2D eigenvalue weighted by Crippen LogP contribution is -2.30. The van der Waals surface area contributed by atoms with Crippen LogP contribution in [0.15, 0.2) is 27.7 Å². The number of aromatic nitrogens is 2. The Balaban J connectivity index is 0.00000312. The van der Waals surface area contributed by atoms with E-state index in [0.717, 1.165) is 12.2 Å². The molecular weight excluding hydrogens is 437 g/mol. The van der Waals surface area contributed by atoms with Crippen molar-refractivity contribution in [2.75, 3.05) is 25.6 Å². The van der Waals surface area contributed by atoms with Gasteiger partial charge >= 0.3 is 0 Å². The molecule has 0 saturated carbocycles. The summed E-state index contributed by atoms with van der Waals surface area (Å²) < 4.78 is 15.9. The zero-order chi connectivity index (χ0) is 17.4. The molecule has 0 fully saturated rings. The molecule has 0 atom stereocenters. The lowest BCUT2D eigenvalue weighted by atomic mass is 10.2. The Labute approximate surface area is 164 Å². The highest BCUT2D eigenvalue weighted by atomic mass is 127. The number of rotatable bonds is 7. The zero-order valence-electron chi connectivity index (χ0n) is 14.8. The first-order valence-corrected chi connectivity index (χ1v) is 7.81. The number of guanidine groups is 1.